The van der Waals surface area contributed by atoms with E-state index in [0.29, 0.717) is 12.0 Å². The van der Waals surface area contributed by atoms with E-state index in [1.165, 1.54) is 10.4 Å². The second-order valence-electron chi connectivity index (χ2n) is 4.69. The van der Waals surface area contributed by atoms with Gasteiger partial charge in [0.1, 0.15) is 5.82 Å². The van der Waals surface area contributed by atoms with Crippen LogP contribution in [-0.2, 0) is 12.8 Å². The Kier molecular flexibility index (Phi) is 5.58. The molecule has 2 aromatic rings. The molecule has 1 nitrogen and oxygen atoms in total. The summed E-state index contributed by atoms with van der Waals surface area (Å²) >= 11 is 7.60. The molecule has 0 fully saturated rings. The van der Waals surface area contributed by atoms with E-state index >= 15 is 0 Å². The van der Waals surface area contributed by atoms with Crippen LogP contribution in [0.25, 0.3) is 0 Å². The van der Waals surface area contributed by atoms with Crippen LogP contribution in [0.3, 0.4) is 0 Å². The van der Waals surface area contributed by atoms with Crippen molar-refractivity contribution in [1.82, 2.24) is 5.32 Å². The van der Waals surface area contributed by atoms with E-state index in [0.717, 1.165) is 13.0 Å². The van der Waals surface area contributed by atoms with E-state index in [2.05, 4.69) is 30.6 Å². The summed E-state index contributed by atoms with van der Waals surface area (Å²) < 4.78 is 14.1. The maximum Gasteiger partial charge on any atom is 0.145 e. The molecular weight excluding hydrogens is 293 g/mol. The molecule has 108 valence electrons. The zero-order valence-corrected chi connectivity index (χ0v) is 13.3. The quantitative estimate of drug-likeness (QED) is 0.792. The first-order valence-electron chi connectivity index (χ1n) is 6.89. The van der Waals surface area contributed by atoms with Gasteiger partial charge in [-0.2, -0.15) is 0 Å². The standard InChI is InChI=1S/C16H19ClFNS/c1-3-11-8-9-20-16(11)14(19-4-2)10-12-6-5-7-13(17)15(12)18/h5-9,14,19H,3-4,10H2,1-2H3. The van der Waals surface area contributed by atoms with Crippen molar-refractivity contribution in [1.29, 1.82) is 0 Å². The molecule has 1 atom stereocenters. The molecule has 2 rings (SSSR count). The normalized spacial score (nSPS) is 12.6. The average molecular weight is 312 g/mol. The fourth-order valence-corrected chi connectivity index (χ4v) is 3.64. The highest BCUT2D eigenvalue weighted by atomic mass is 35.5. The van der Waals surface area contributed by atoms with Crippen LogP contribution in [0.5, 0.6) is 0 Å². The van der Waals surface area contributed by atoms with Gasteiger partial charge in [0.25, 0.3) is 0 Å². The maximum atomic E-state index is 14.1. The summed E-state index contributed by atoms with van der Waals surface area (Å²) in [6.45, 7) is 5.07. The molecule has 0 radical (unpaired) electrons. The molecule has 1 aromatic carbocycles. The molecule has 0 saturated heterocycles. The first-order valence-corrected chi connectivity index (χ1v) is 8.15. The van der Waals surface area contributed by atoms with Crippen molar-refractivity contribution in [3.05, 3.63) is 56.5 Å². The van der Waals surface area contributed by atoms with E-state index in [1.54, 1.807) is 23.5 Å². The minimum Gasteiger partial charge on any atom is -0.309 e. The van der Waals surface area contributed by atoms with Gasteiger partial charge in [0, 0.05) is 10.9 Å². The van der Waals surface area contributed by atoms with Crippen LogP contribution in [0.4, 0.5) is 4.39 Å². The Morgan fingerprint density at radius 3 is 2.75 bits per heavy atom. The van der Waals surface area contributed by atoms with Gasteiger partial charge in [0.15, 0.2) is 0 Å². The van der Waals surface area contributed by atoms with Crippen molar-refractivity contribution >= 4 is 22.9 Å². The highest BCUT2D eigenvalue weighted by molar-refractivity contribution is 7.10. The molecule has 1 aromatic heterocycles. The Labute approximate surface area is 128 Å². The highest BCUT2D eigenvalue weighted by Crippen LogP contribution is 2.29. The number of benzene rings is 1. The van der Waals surface area contributed by atoms with Crippen LogP contribution in [0, 0.1) is 5.82 Å². The van der Waals surface area contributed by atoms with E-state index in [1.807, 2.05) is 6.07 Å². The van der Waals surface area contributed by atoms with Gasteiger partial charge in [0.2, 0.25) is 0 Å². The SMILES string of the molecule is CCNC(Cc1cccc(Cl)c1F)c1sccc1CC. The third-order valence-electron chi connectivity index (χ3n) is 3.38. The molecule has 1 heterocycles. The lowest BCUT2D eigenvalue weighted by Gasteiger charge is -2.19. The first kappa shape index (κ1) is 15.5. The number of aryl methyl sites for hydroxylation is 1. The van der Waals surface area contributed by atoms with Crippen LogP contribution in [0.1, 0.15) is 35.9 Å². The first-order chi connectivity index (χ1) is 9.67. The Bertz CT molecular complexity index is 567. The topological polar surface area (TPSA) is 12.0 Å². The summed E-state index contributed by atoms with van der Waals surface area (Å²) in [5.41, 5.74) is 2.00. The molecule has 1 N–H and O–H groups in total. The van der Waals surface area contributed by atoms with Gasteiger partial charge in [-0.3, -0.25) is 0 Å². The molecule has 0 spiro atoms. The van der Waals surface area contributed by atoms with Gasteiger partial charge in [-0.1, -0.05) is 37.6 Å². The monoisotopic (exact) mass is 311 g/mol. The Morgan fingerprint density at radius 1 is 1.25 bits per heavy atom. The average Bonchev–Trinajstić information content (AvgIpc) is 2.91. The zero-order valence-electron chi connectivity index (χ0n) is 11.7. The minimum absolute atomic E-state index is 0.142. The van der Waals surface area contributed by atoms with Gasteiger partial charge in [-0.05, 0) is 48.0 Å². The number of nitrogens with one attached hydrogen (secondary N) is 1. The van der Waals surface area contributed by atoms with Crippen molar-refractivity contribution in [2.75, 3.05) is 6.54 Å². The third-order valence-corrected chi connectivity index (χ3v) is 4.75. The van der Waals surface area contributed by atoms with Crippen LogP contribution in [-0.4, -0.2) is 6.54 Å². The van der Waals surface area contributed by atoms with Crippen molar-refractivity contribution in [3.8, 4) is 0 Å². The third kappa shape index (κ3) is 3.40. The number of halogens is 2. The largest absolute Gasteiger partial charge is 0.309 e. The molecular formula is C16H19ClFNS. The fourth-order valence-electron chi connectivity index (χ4n) is 2.38. The molecule has 20 heavy (non-hydrogen) atoms. The van der Waals surface area contributed by atoms with E-state index < -0.39 is 0 Å². The summed E-state index contributed by atoms with van der Waals surface area (Å²) in [6.07, 6.45) is 1.62. The summed E-state index contributed by atoms with van der Waals surface area (Å²) in [6, 6.07) is 7.50. The molecule has 0 saturated carbocycles. The molecule has 0 amide bonds. The van der Waals surface area contributed by atoms with Crippen LogP contribution in [0.2, 0.25) is 5.02 Å². The van der Waals surface area contributed by atoms with E-state index in [9.17, 15) is 4.39 Å². The second-order valence-corrected chi connectivity index (χ2v) is 6.05. The van der Waals surface area contributed by atoms with Crippen LogP contribution in [0.15, 0.2) is 29.6 Å². The number of thiophene rings is 1. The Morgan fingerprint density at radius 2 is 2.05 bits per heavy atom. The van der Waals surface area contributed by atoms with Gasteiger partial charge in [-0.15, -0.1) is 11.3 Å². The minimum atomic E-state index is -0.299. The van der Waals surface area contributed by atoms with Crippen molar-refractivity contribution in [2.24, 2.45) is 0 Å². The van der Waals surface area contributed by atoms with Crippen molar-refractivity contribution in [3.63, 3.8) is 0 Å². The molecule has 1 unspecified atom stereocenters. The lowest BCUT2D eigenvalue weighted by Crippen LogP contribution is -2.23. The summed E-state index contributed by atoms with van der Waals surface area (Å²) in [5.74, 6) is -0.299. The van der Waals surface area contributed by atoms with Gasteiger partial charge in [0.05, 0.1) is 5.02 Å². The molecule has 0 bridgehead atoms. The Balaban J connectivity index is 2.28. The number of hydrogen-bond acceptors (Lipinski definition) is 2. The number of likely N-dealkylation sites (N-methyl/N-ethyl adjacent to an activating group) is 1. The van der Waals surface area contributed by atoms with Crippen molar-refractivity contribution in [2.45, 2.75) is 32.7 Å². The number of hydrogen-bond donors (Lipinski definition) is 1. The van der Waals surface area contributed by atoms with Crippen LogP contribution >= 0.6 is 22.9 Å². The predicted molar refractivity (Wildman–Crippen MR) is 85.2 cm³/mol. The van der Waals surface area contributed by atoms with Crippen molar-refractivity contribution < 1.29 is 4.39 Å². The fraction of sp³-hybridized carbons (Fsp3) is 0.375. The Hall–Kier alpha value is -0.900. The smallest absolute Gasteiger partial charge is 0.145 e. The highest BCUT2D eigenvalue weighted by Gasteiger charge is 2.18. The molecule has 0 aliphatic carbocycles. The van der Waals surface area contributed by atoms with Crippen LogP contribution < -0.4 is 5.32 Å². The second kappa shape index (κ2) is 7.21. The summed E-state index contributed by atoms with van der Waals surface area (Å²) in [7, 11) is 0. The summed E-state index contributed by atoms with van der Waals surface area (Å²) in [5, 5.41) is 5.75. The molecule has 0 aliphatic heterocycles. The lowest BCUT2D eigenvalue weighted by molar-refractivity contribution is 0.532. The molecule has 4 heteroatoms. The zero-order chi connectivity index (χ0) is 14.5. The van der Waals surface area contributed by atoms with Gasteiger partial charge < -0.3 is 5.32 Å². The predicted octanol–water partition coefficient (Wildman–Crippen LogP) is 5.00. The molecule has 0 aliphatic rings. The van der Waals surface area contributed by atoms with Gasteiger partial charge in [-0.25, -0.2) is 4.39 Å². The summed E-state index contributed by atoms with van der Waals surface area (Å²) in [4.78, 5) is 1.30. The maximum absolute atomic E-state index is 14.1. The lowest BCUT2D eigenvalue weighted by atomic mass is 10.0. The van der Waals surface area contributed by atoms with E-state index in [4.69, 9.17) is 11.6 Å². The number of rotatable bonds is 6. The van der Waals surface area contributed by atoms with E-state index in [-0.39, 0.29) is 16.9 Å². The van der Waals surface area contributed by atoms with Gasteiger partial charge >= 0.3 is 0 Å².